The van der Waals surface area contributed by atoms with Gasteiger partial charge in [0.25, 0.3) is 0 Å². The van der Waals surface area contributed by atoms with Gasteiger partial charge in [-0.3, -0.25) is 14.4 Å². The summed E-state index contributed by atoms with van der Waals surface area (Å²) in [5.74, 6) is -2.59. The zero-order valence-corrected chi connectivity index (χ0v) is 25.8. The van der Waals surface area contributed by atoms with Crippen LogP contribution in [0.4, 0.5) is 0 Å². The van der Waals surface area contributed by atoms with E-state index in [1.54, 1.807) is 17.1 Å². The Bertz CT molecular complexity index is 971. The molecular formula is C32H52N2O6. The molecule has 7 atom stereocenters. The van der Waals surface area contributed by atoms with E-state index in [1.807, 2.05) is 32.6 Å². The van der Waals surface area contributed by atoms with Crippen LogP contribution in [-0.2, 0) is 23.9 Å². The van der Waals surface area contributed by atoms with Gasteiger partial charge in [0.15, 0.2) is 0 Å². The van der Waals surface area contributed by atoms with Gasteiger partial charge >= 0.3 is 5.97 Å². The molecule has 0 aromatic rings. The van der Waals surface area contributed by atoms with E-state index in [-0.39, 0.29) is 36.4 Å². The SMILES string of the molecule is C=CCCCOC(=O)[C@@H]1[C@@H]2CCC3(O2)C(C(=O)N(CC=C)C(C)(C)CC(C)(C)C)N([C@@H](CO)[C@@H](C)CC)C(=O)[C@H]13. The first-order valence-corrected chi connectivity index (χ1v) is 15.0. The van der Waals surface area contributed by atoms with E-state index < -0.39 is 47.1 Å². The maximum atomic E-state index is 14.8. The Morgan fingerprint density at radius 2 is 1.93 bits per heavy atom. The van der Waals surface area contributed by atoms with E-state index in [9.17, 15) is 19.5 Å². The number of esters is 1. The molecule has 0 aliphatic carbocycles. The predicted octanol–water partition coefficient (Wildman–Crippen LogP) is 4.51. The summed E-state index contributed by atoms with van der Waals surface area (Å²) in [7, 11) is 0. The number of ether oxygens (including phenoxy) is 2. The number of carbonyl (C=O) groups is 3. The summed E-state index contributed by atoms with van der Waals surface area (Å²) >= 11 is 0. The minimum atomic E-state index is -1.14. The molecule has 0 aromatic carbocycles. The second kappa shape index (κ2) is 12.4. The number of aliphatic hydroxyl groups is 1. The fraction of sp³-hybridized carbons (Fsp3) is 0.781. The summed E-state index contributed by atoms with van der Waals surface area (Å²) in [6, 6.07) is -1.52. The zero-order chi connectivity index (χ0) is 30.0. The molecule has 3 aliphatic heterocycles. The van der Waals surface area contributed by atoms with Crippen molar-refractivity contribution >= 4 is 17.8 Å². The first-order valence-electron chi connectivity index (χ1n) is 15.0. The third-order valence-corrected chi connectivity index (χ3v) is 9.16. The number of allylic oxidation sites excluding steroid dienone is 1. The molecule has 3 fully saturated rings. The van der Waals surface area contributed by atoms with E-state index >= 15 is 0 Å². The number of rotatable bonds is 14. The third kappa shape index (κ3) is 5.89. The Kier molecular flexibility index (Phi) is 9.99. The van der Waals surface area contributed by atoms with Crippen LogP contribution >= 0.6 is 0 Å². The average molecular weight is 561 g/mol. The molecule has 3 aliphatic rings. The summed E-state index contributed by atoms with van der Waals surface area (Å²) in [5.41, 5.74) is -1.73. The monoisotopic (exact) mass is 560 g/mol. The van der Waals surface area contributed by atoms with Crippen molar-refractivity contribution in [2.24, 2.45) is 23.2 Å². The summed E-state index contributed by atoms with van der Waals surface area (Å²) in [6.45, 7) is 22.4. The van der Waals surface area contributed by atoms with Crippen molar-refractivity contribution in [3.8, 4) is 0 Å². The van der Waals surface area contributed by atoms with Crippen LogP contribution < -0.4 is 0 Å². The average Bonchev–Trinajstić information content (AvgIpc) is 3.51. The minimum absolute atomic E-state index is 0.0532. The van der Waals surface area contributed by atoms with Crippen LogP contribution in [0.3, 0.4) is 0 Å². The van der Waals surface area contributed by atoms with Crippen LogP contribution in [0.1, 0.15) is 87.0 Å². The lowest BCUT2D eigenvalue weighted by Gasteiger charge is -2.47. The van der Waals surface area contributed by atoms with Gasteiger partial charge in [0.1, 0.15) is 11.6 Å². The Balaban J connectivity index is 2.09. The van der Waals surface area contributed by atoms with E-state index in [2.05, 4.69) is 33.9 Å². The third-order valence-electron chi connectivity index (χ3n) is 9.16. The van der Waals surface area contributed by atoms with Crippen molar-refractivity contribution in [3.05, 3.63) is 25.3 Å². The number of nitrogens with zero attached hydrogens (tertiary/aromatic N) is 2. The quantitative estimate of drug-likeness (QED) is 0.191. The van der Waals surface area contributed by atoms with Gasteiger partial charge in [0.2, 0.25) is 11.8 Å². The Morgan fingerprint density at radius 1 is 1.25 bits per heavy atom. The summed E-state index contributed by atoms with van der Waals surface area (Å²) < 4.78 is 12.2. The molecule has 0 aromatic heterocycles. The van der Waals surface area contributed by atoms with E-state index in [1.165, 1.54) is 0 Å². The summed E-state index contributed by atoms with van der Waals surface area (Å²) in [5, 5.41) is 10.6. The molecule has 2 bridgehead atoms. The Hall–Kier alpha value is -2.19. The number of fused-ring (bicyclic) bond motifs is 1. The number of hydrogen-bond donors (Lipinski definition) is 1. The highest BCUT2D eigenvalue weighted by Gasteiger charge is 2.76. The fourth-order valence-corrected chi connectivity index (χ4v) is 7.61. The van der Waals surface area contributed by atoms with Gasteiger partial charge in [-0.2, -0.15) is 0 Å². The molecule has 3 saturated heterocycles. The predicted molar refractivity (Wildman–Crippen MR) is 155 cm³/mol. The van der Waals surface area contributed by atoms with Gasteiger partial charge < -0.3 is 24.4 Å². The second-order valence-corrected chi connectivity index (χ2v) is 13.8. The van der Waals surface area contributed by atoms with Crippen LogP contribution in [0, 0.1) is 23.2 Å². The minimum Gasteiger partial charge on any atom is -0.465 e. The van der Waals surface area contributed by atoms with Gasteiger partial charge in [0.05, 0.1) is 37.2 Å². The van der Waals surface area contributed by atoms with Crippen molar-refractivity contribution in [3.63, 3.8) is 0 Å². The van der Waals surface area contributed by atoms with E-state index in [4.69, 9.17) is 9.47 Å². The molecule has 2 unspecified atom stereocenters. The highest BCUT2D eigenvalue weighted by atomic mass is 16.6. The lowest BCUT2D eigenvalue weighted by molar-refractivity contribution is -0.159. The normalized spacial score (nSPS) is 29.2. The molecule has 0 radical (unpaired) electrons. The molecule has 8 nitrogen and oxygen atoms in total. The van der Waals surface area contributed by atoms with Gasteiger partial charge in [0, 0.05) is 12.1 Å². The van der Waals surface area contributed by atoms with Gasteiger partial charge in [-0.05, 0) is 57.3 Å². The van der Waals surface area contributed by atoms with Gasteiger partial charge in [-0.15, -0.1) is 13.2 Å². The molecule has 8 heteroatoms. The number of hydrogen-bond acceptors (Lipinski definition) is 6. The Morgan fingerprint density at radius 3 is 2.48 bits per heavy atom. The van der Waals surface area contributed by atoms with Gasteiger partial charge in [-0.1, -0.05) is 53.2 Å². The molecule has 3 heterocycles. The molecule has 2 amide bonds. The first kappa shape index (κ1) is 32.3. The zero-order valence-electron chi connectivity index (χ0n) is 25.8. The van der Waals surface area contributed by atoms with Crippen LogP contribution in [0.15, 0.2) is 25.3 Å². The highest BCUT2D eigenvalue weighted by Crippen LogP contribution is 2.59. The first-order chi connectivity index (χ1) is 18.7. The molecule has 3 rings (SSSR count). The van der Waals surface area contributed by atoms with Gasteiger partial charge in [-0.25, -0.2) is 0 Å². The van der Waals surface area contributed by atoms with Crippen molar-refractivity contribution in [2.75, 3.05) is 19.8 Å². The Labute approximate surface area is 241 Å². The maximum Gasteiger partial charge on any atom is 0.312 e. The van der Waals surface area contributed by atoms with Crippen LogP contribution in [0.25, 0.3) is 0 Å². The number of likely N-dealkylation sites (tertiary alicyclic amines) is 1. The van der Waals surface area contributed by atoms with Crippen molar-refractivity contribution in [1.82, 2.24) is 9.80 Å². The fourth-order valence-electron chi connectivity index (χ4n) is 7.61. The summed E-state index contributed by atoms with van der Waals surface area (Å²) in [6.07, 6.45) is 6.94. The second-order valence-electron chi connectivity index (χ2n) is 13.8. The van der Waals surface area contributed by atoms with Crippen molar-refractivity contribution < 1.29 is 29.0 Å². The number of carbonyl (C=O) groups excluding carboxylic acids is 3. The van der Waals surface area contributed by atoms with E-state index in [0.29, 0.717) is 25.8 Å². The van der Waals surface area contributed by atoms with E-state index in [0.717, 1.165) is 19.3 Å². The topological polar surface area (TPSA) is 96.4 Å². The highest BCUT2D eigenvalue weighted by molar-refractivity contribution is 5.98. The molecule has 1 N–H and O–H groups in total. The largest absolute Gasteiger partial charge is 0.465 e. The van der Waals surface area contributed by atoms with Crippen molar-refractivity contribution in [1.29, 1.82) is 0 Å². The molecular weight excluding hydrogens is 508 g/mol. The molecule has 1 spiro atoms. The van der Waals surface area contributed by atoms with Crippen LogP contribution in [0.5, 0.6) is 0 Å². The number of unbranched alkanes of at least 4 members (excludes halogenated alkanes) is 1. The molecule has 0 saturated carbocycles. The molecule has 40 heavy (non-hydrogen) atoms. The maximum absolute atomic E-state index is 14.8. The number of aliphatic hydroxyl groups excluding tert-OH is 1. The number of amides is 2. The molecule has 226 valence electrons. The van der Waals surface area contributed by atoms with Crippen LogP contribution in [-0.4, -0.2) is 81.8 Å². The summed E-state index contributed by atoms with van der Waals surface area (Å²) in [4.78, 5) is 46.0. The van der Waals surface area contributed by atoms with Crippen LogP contribution in [0.2, 0.25) is 0 Å². The van der Waals surface area contributed by atoms with Crippen molar-refractivity contribution in [2.45, 2.75) is 116 Å². The lowest BCUT2D eigenvalue weighted by atomic mass is 9.70. The smallest absolute Gasteiger partial charge is 0.312 e. The lowest BCUT2D eigenvalue weighted by Crippen LogP contribution is -2.63. The standard InChI is InChI=1S/C32H52N2O6/c1-10-13-14-18-39-29(38)24-23-15-16-32(40-23)25(24)27(36)34(22(19-35)21(4)12-3)26(32)28(37)33(17-11-2)31(8,9)20-30(5,6)7/h10-11,21-26,35H,1-2,12-20H2,3-9H3/t21-,22-,23-,24+,25-,26?,32?/m0/s1.